The zero-order valence-corrected chi connectivity index (χ0v) is 50.8. The molecule has 0 saturated carbocycles. The first-order chi connectivity index (χ1) is 46.6. The van der Waals surface area contributed by atoms with E-state index in [1.54, 1.807) is 0 Å². The molecule has 0 spiro atoms. The van der Waals surface area contributed by atoms with Gasteiger partial charge in [0.15, 0.2) is 11.6 Å². The summed E-state index contributed by atoms with van der Waals surface area (Å²) in [5.41, 5.74) is 28.6. The van der Waals surface area contributed by atoms with Crippen LogP contribution in [0.3, 0.4) is 0 Å². The van der Waals surface area contributed by atoms with Gasteiger partial charge in [0.2, 0.25) is 0 Å². The van der Waals surface area contributed by atoms with Crippen LogP contribution in [0.4, 0.5) is 0 Å². The molecule has 8 heteroatoms. The third-order valence-electron chi connectivity index (χ3n) is 19.3. The van der Waals surface area contributed by atoms with E-state index in [0.29, 0.717) is 11.6 Å². The molecule has 8 nitrogen and oxygen atoms in total. The van der Waals surface area contributed by atoms with Crippen molar-refractivity contribution in [1.29, 1.82) is 0 Å². The molecular formula is C86H54N8. The van der Waals surface area contributed by atoms with E-state index in [-0.39, 0.29) is 11.8 Å². The van der Waals surface area contributed by atoms with Crippen molar-refractivity contribution in [2.75, 3.05) is 0 Å². The highest BCUT2D eigenvalue weighted by atomic mass is 15.0. The Hall–Kier alpha value is -12.5. The molecule has 2 atom stereocenters. The van der Waals surface area contributed by atoms with E-state index >= 15 is 0 Å². The Labute approximate surface area is 542 Å². The molecule has 0 aliphatic heterocycles. The Balaban J connectivity index is 0.689. The molecular weight excluding hydrogens is 1150 g/mol. The summed E-state index contributed by atoms with van der Waals surface area (Å²) in [4.78, 5) is 30.6. The van der Waals surface area contributed by atoms with Crippen molar-refractivity contribution in [1.82, 2.24) is 39.0 Å². The van der Waals surface area contributed by atoms with Crippen LogP contribution in [0, 0.1) is 0 Å². The van der Waals surface area contributed by atoms with Gasteiger partial charge in [-0.3, -0.25) is 9.97 Å². The van der Waals surface area contributed by atoms with E-state index in [1.807, 2.05) is 36.9 Å². The van der Waals surface area contributed by atoms with Gasteiger partial charge in [-0.05, 0) is 153 Å². The van der Waals surface area contributed by atoms with Crippen LogP contribution in [0.5, 0.6) is 0 Å². The molecule has 2 bridgehead atoms. The number of pyridine rings is 2. The van der Waals surface area contributed by atoms with Crippen molar-refractivity contribution >= 4 is 43.6 Å². The SMILES string of the molecule is c1ccc(-c2nc(-c3cccc(-c4ccc5c(c4)c4cnccc4n5-c4ccccc4)c3)cc(-c3ccc4c(c3)C3c5ccccc5C4c4cc(-c5cc(-c6cccc(-c7ccc8c(c7)c7cnccc7n8-c7ccccc7)c6)nc(-c6ccccc6)n5)ccc43)n2)cc1. The van der Waals surface area contributed by atoms with Crippen LogP contribution in [0.15, 0.2) is 316 Å². The summed E-state index contributed by atoms with van der Waals surface area (Å²) in [7, 11) is 0. The maximum atomic E-state index is 5.39. The predicted octanol–water partition coefficient (Wildman–Crippen LogP) is 20.6. The van der Waals surface area contributed by atoms with Crippen LogP contribution >= 0.6 is 0 Å². The minimum atomic E-state index is 0.00979. The fraction of sp³-hybridized carbons (Fsp3) is 0.0233. The first kappa shape index (κ1) is 53.3. The minimum absolute atomic E-state index is 0.00979. The lowest BCUT2D eigenvalue weighted by Crippen LogP contribution is -2.27. The van der Waals surface area contributed by atoms with Crippen molar-refractivity contribution in [2.24, 2.45) is 0 Å². The minimum Gasteiger partial charge on any atom is -0.309 e. The van der Waals surface area contributed by atoms with Crippen molar-refractivity contribution in [3.05, 3.63) is 349 Å². The van der Waals surface area contributed by atoms with Gasteiger partial charge in [0.1, 0.15) is 0 Å². The largest absolute Gasteiger partial charge is 0.309 e. The Morgan fingerprint density at radius 2 is 0.553 bits per heavy atom. The molecule has 20 rings (SSSR count). The number of fused-ring (bicyclic) bond motifs is 6. The Morgan fingerprint density at radius 1 is 0.223 bits per heavy atom. The quantitative estimate of drug-likeness (QED) is 0.136. The van der Waals surface area contributed by atoms with Crippen LogP contribution < -0.4 is 0 Å². The van der Waals surface area contributed by atoms with E-state index in [2.05, 4.69) is 298 Å². The molecule has 0 amide bonds. The molecule has 3 aliphatic rings. The van der Waals surface area contributed by atoms with E-state index in [0.717, 1.165) is 133 Å². The van der Waals surface area contributed by atoms with Gasteiger partial charge in [-0.2, -0.15) is 0 Å². The summed E-state index contributed by atoms with van der Waals surface area (Å²) < 4.78 is 4.65. The average Bonchev–Trinajstić information content (AvgIpc) is 0.992. The lowest BCUT2D eigenvalue weighted by atomic mass is 9.60. The zero-order valence-electron chi connectivity index (χ0n) is 50.8. The summed E-state index contributed by atoms with van der Waals surface area (Å²) in [6.45, 7) is 0. The smallest absolute Gasteiger partial charge is 0.160 e. The van der Waals surface area contributed by atoms with E-state index in [1.165, 1.54) is 33.4 Å². The molecule has 0 fully saturated rings. The third-order valence-corrected chi connectivity index (χ3v) is 19.3. The summed E-state index contributed by atoms with van der Waals surface area (Å²) in [5, 5.41) is 4.54. The van der Waals surface area contributed by atoms with Crippen LogP contribution in [0.25, 0.3) is 145 Å². The van der Waals surface area contributed by atoms with Crippen LogP contribution in [0.2, 0.25) is 0 Å². The highest BCUT2D eigenvalue weighted by Gasteiger charge is 2.41. The molecule has 2 unspecified atom stereocenters. The van der Waals surface area contributed by atoms with Gasteiger partial charge in [-0.25, -0.2) is 19.9 Å². The topological polar surface area (TPSA) is 87.2 Å². The maximum Gasteiger partial charge on any atom is 0.160 e. The Kier molecular flexibility index (Phi) is 12.2. The van der Waals surface area contributed by atoms with Crippen LogP contribution in [-0.2, 0) is 0 Å². The first-order valence-electron chi connectivity index (χ1n) is 31.9. The number of benzene rings is 11. The number of hydrogen-bond donors (Lipinski definition) is 0. The fourth-order valence-electron chi connectivity index (χ4n) is 15.0. The number of para-hydroxylation sites is 2. The summed E-state index contributed by atoms with van der Waals surface area (Å²) >= 11 is 0. The molecule has 0 radical (unpaired) electrons. The Morgan fingerprint density at radius 3 is 0.979 bits per heavy atom. The van der Waals surface area contributed by atoms with Crippen molar-refractivity contribution in [3.63, 3.8) is 0 Å². The third kappa shape index (κ3) is 8.75. The predicted molar refractivity (Wildman–Crippen MR) is 380 cm³/mol. The van der Waals surface area contributed by atoms with Gasteiger partial charge >= 0.3 is 0 Å². The maximum absolute atomic E-state index is 5.39. The highest BCUT2D eigenvalue weighted by molar-refractivity contribution is 6.11. The van der Waals surface area contributed by atoms with Crippen LogP contribution in [-0.4, -0.2) is 39.0 Å². The first-order valence-corrected chi connectivity index (χ1v) is 31.9. The van der Waals surface area contributed by atoms with Crippen molar-refractivity contribution in [2.45, 2.75) is 11.8 Å². The summed E-state index contributed by atoms with van der Waals surface area (Å²) in [5.74, 6) is 1.38. The van der Waals surface area contributed by atoms with E-state index in [4.69, 9.17) is 19.9 Å². The zero-order chi connectivity index (χ0) is 61.8. The second-order valence-corrected chi connectivity index (χ2v) is 24.6. The molecule has 0 saturated heterocycles. The molecule has 6 aromatic heterocycles. The normalized spacial score (nSPS) is 13.7. The average molecular weight is 1200 g/mol. The van der Waals surface area contributed by atoms with Gasteiger partial charge in [-0.1, -0.05) is 194 Å². The molecule has 0 N–H and O–H groups in total. The molecule has 94 heavy (non-hydrogen) atoms. The highest BCUT2D eigenvalue weighted by Crippen LogP contribution is 2.57. The second kappa shape index (κ2) is 21.6. The standard InChI is InChI=1S/C86H54N8/c1-5-17-53(18-6-1)85-89-75(59-23-15-21-55(43-59)57-33-37-79-69(45-57)73-51-87-41-39-81(73)93(79)63-25-9-3-10-26-63)49-77(91-85)61-31-35-67-71(47-61)83-65-29-13-14-30-66(65)84(67)72-48-62(32-36-68(72)83)78-50-76(90-86(92-78)54-19-7-2-8-20-54)60-24-16-22-56(44-60)58-34-38-80-70(46-58)74-52-88-42-40-82(74)94(80)64-27-11-4-12-28-64/h1-52,83-84H. The lowest BCUT2D eigenvalue weighted by Gasteiger charge is -2.42. The van der Waals surface area contributed by atoms with Crippen molar-refractivity contribution in [3.8, 4) is 101 Å². The second-order valence-electron chi connectivity index (χ2n) is 24.6. The van der Waals surface area contributed by atoms with E-state index < -0.39 is 0 Å². The lowest BCUT2D eigenvalue weighted by molar-refractivity contribution is 0.755. The molecule has 3 aliphatic carbocycles. The molecule has 438 valence electrons. The number of nitrogens with zero attached hydrogens (tertiary/aromatic N) is 8. The van der Waals surface area contributed by atoms with Gasteiger partial charge in [0, 0.05) is 103 Å². The molecule has 17 aromatic rings. The van der Waals surface area contributed by atoms with Crippen LogP contribution in [0.1, 0.15) is 45.2 Å². The van der Waals surface area contributed by atoms with E-state index in [9.17, 15) is 0 Å². The van der Waals surface area contributed by atoms with Gasteiger partial charge < -0.3 is 9.13 Å². The van der Waals surface area contributed by atoms with Crippen molar-refractivity contribution < 1.29 is 0 Å². The molecule has 6 heterocycles. The van der Waals surface area contributed by atoms with Gasteiger partial charge in [-0.15, -0.1) is 0 Å². The fourth-order valence-corrected chi connectivity index (χ4v) is 15.0. The van der Waals surface area contributed by atoms with Gasteiger partial charge in [0.05, 0.1) is 44.8 Å². The number of rotatable bonds is 10. The number of hydrogen-bond acceptors (Lipinski definition) is 6. The Bertz CT molecular complexity index is 5520. The summed E-state index contributed by atoms with van der Waals surface area (Å²) in [6, 6.07) is 105. The molecule has 11 aromatic carbocycles. The monoisotopic (exact) mass is 1200 g/mol. The van der Waals surface area contributed by atoms with Gasteiger partial charge in [0.25, 0.3) is 0 Å². The summed E-state index contributed by atoms with van der Waals surface area (Å²) in [6.07, 6.45) is 7.71. The number of aromatic nitrogens is 8.